The highest BCUT2D eigenvalue weighted by Gasteiger charge is 2.50. The van der Waals surface area contributed by atoms with Crippen molar-refractivity contribution in [2.45, 2.75) is 32.1 Å². The molecule has 3 rings (SSSR count). The third-order valence-corrected chi connectivity index (χ3v) is 7.23. The highest BCUT2D eigenvalue weighted by molar-refractivity contribution is 8.16. The lowest BCUT2D eigenvalue weighted by atomic mass is 9.96. The molecule has 5 nitrogen and oxygen atoms in total. The highest BCUT2D eigenvalue weighted by Crippen LogP contribution is 2.41. The van der Waals surface area contributed by atoms with Crippen molar-refractivity contribution >= 4 is 38.4 Å². The van der Waals surface area contributed by atoms with Gasteiger partial charge in [0.15, 0.2) is 15.0 Å². The fourth-order valence-corrected chi connectivity index (χ4v) is 6.65. The van der Waals surface area contributed by atoms with Crippen LogP contribution in [0.3, 0.4) is 0 Å². The number of sulfone groups is 1. The van der Waals surface area contributed by atoms with Crippen LogP contribution in [0.5, 0.6) is 0 Å². The van der Waals surface area contributed by atoms with E-state index in [4.69, 9.17) is 0 Å². The Labute approximate surface area is 145 Å². The Hall–Kier alpha value is -1.41. The van der Waals surface area contributed by atoms with Crippen molar-refractivity contribution in [3.8, 4) is 0 Å². The number of carbonyl (C=O) groups excluding carboxylic acids is 1. The molecule has 1 aromatic rings. The van der Waals surface area contributed by atoms with Gasteiger partial charge in [0, 0.05) is 10.7 Å². The van der Waals surface area contributed by atoms with Crippen molar-refractivity contribution in [1.29, 1.82) is 0 Å². The number of halogens is 1. The zero-order valence-corrected chi connectivity index (χ0v) is 15.3. The van der Waals surface area contributed by atoms with Gasteiger partial charge in [0.2, 0.25) is 0 Å². The molecule has 0 spiro atoms. The maximum Gasteiger partial charge on any atom is 0.253 e. The van der Waals surface area contributed by atoms with Gasteiger partial charge >= 0.3 is 0 Å². The van der Waals surface area contributed by atoms with Gasteiger partial charge in [0.1, 0.15) is 5.82 Å². The van der Waals surface area contributed by atoms with E-state index in [1.165, 1.54) is 17.8 Å². The van der Waals surface area contributed by atoms with Crippen LogP contribution in [0, 0.1) is 11.2 Å². The van der Waals surface area contributed by atoms with E-state index < -0.39 is 27.1 Å². The van der Waals surface area contributed by atoms with Crippen LogP contribution in [0.4, 0.5) is 10.1 Å². The molecule has 24 heavy (non-hydrogen) atoms. The number of rotatable bonds is 1. The lowest BCUT2D eigenvalue weighted by molar-refractivity contribution is -0.124. The van der Waals surface area contributed by atoms with Gasteiger partial charge in [-0.1, -0.05) is 44.7 Å². The van der Waals surface area contributed by atoms with Crippen LogP contribution in [0.25, 0.3) is 0 Å². The first-order valence-corrected chi connectivity index (χ1v) is 10.3. The Kier molecular flexibility index (Phi) is 4.24. The van der Waals surface area contributed by atoms with E-state index in [2.05, 4.69) is 4.99 Å². The minimum Gasteiger partial charge on any atom is -0.313 e. The first kappa shape index (κ1) is 17.4. The molecule has 1 aromatic carbocycles. The number of benzene rings is 1. The number of fused-ring (bicyclic) bond motifs is 1. The zero-order chi connectivity index (χ0) is 17.7. The molecule has 0 aliphatic carbocycles. The predicted octanol–water partition coefficient (Wildman–Crippen LogP) is 2.47. The number of para-hydroxylation sites is 1. The van der Waals surface area contributed by atoms with Crippen LogP contribution in [-0.4, -0.2) is 42.3 Å². The molecule has 0 saturated carbocycles. The molecule has 0 radical (unpaired) electrons. The van der Waals surface area contributed by atoms with Crippen molar-refractivity contribution in [3.63, 3.8) is 0 Å². The fourth-order valence-electron chi connectivity index (χ4n) is 2.75. The Morgan fingerprint density at radius 3 is 2.58 bits per heavy atom. The second-order valence-electron chi connectivity index (χ2n) is 7.07. The van der Waals surface area contributed by atoms with Crippen LogP contribution in [0.2, 0.25) is 0 Å². The molecule has 130 valence electrons. The molecule has 0 N–H and O–H groups in total. The molecule has 2 heterocycles. The monoisotopic (exact) mass is 370 g/mol. The number of hydrogen-bond acceptors (Lipinski definition) is 4. The van der Waals surface area contributed by atoms with Gasteiger partial charge in [-0.15, -0.1) is 0 Å². The average Bonchev–Trinajstić information content (AvgIpc) is 2.90. The highest BCUT2D eigenvalue weighted by atomic mass is 32.2. The summed E-state index contributed by atoms with van der Waals surface area (Å²) in [5, 5.41) is 0.144. The predicted molar refractivity (Wildman–Crippen MR) is 94.6 cm³/mol. The van der Waals surface area contributed by atoms with Crippen molar-refractivity contribution in [1.82, 2.24) is 0 Å². The minimum atomic E-state index is -3.16. The standard InChI is InChI=1S/C16H19FN2O3S2/c1-16(2,3)14(20)18-15-19(11-7-5-4-6-10(11)17)12-8-24(21,22)9-13(12)23-15/h4-7,12-13H,8-9H2,1-3H3/t12-,13-/m0/s1. The fraction of sp³-hybridized carbons (Fsp3) is 0.500. The van der Waals surface area contributed by atoms with E-state index in [1.807, 2.05) is 0 Å². The topological polar surface area (TPSA) is 66.8 Å². The molecule has 2 saturated heterocycles. The van der Waals surface area contributed by atoms with Crippen LogP contribution >= 0.6 is 11.8 Å². The second-order valence-corrected chi connectivity index (χ2v) is 10.4. The van der Waals surface area contributed by atoms with E-state index in [9.17, 15) is 17.6 Å². The number of thioether (sulfide) groups is 1. The summed E-state index contributed by atoms with van der Waals surface area (Å²) in [6, 6.07) is 5.76. The number of aliphatic imine (C=N–C) groups is 1. The number of hydrogen-bond donors (Lipinski definition) is 0. The summed E-state index contributed by atoms with van der Waals surface area (Å²) in [4.78, 5) is 18.1. The summed E-state index contributed by atoms with van der Waals surface area (Å²) in [6.45, 7) is 5.28. The number of nitrogens with zero attached hydrogens (tertiary/aromatic N) is 2. The third kappa shape index (κ3) is 3.21. The number of anilines is 1. The second kappa shape index (κ2) is 5.84. The average molecular weight is 370 g/mol. The number of carbonyl (C=O) groups is 1. The Bertz CT molecular complexity index is 815. The van der Waals surface area contributed by atoms with Gasteiger partial charge < -0.3 is 4.90 Å². The lowest BCUT2D eigenvalue weighted by Crippen LogP contribution is -2.38. The molecule has 1 amide bonds. The first-order chi connectivity index (χ1) is 11.1. The summed E-state index contributed by atoms with van der Waals surface area (Å²) < 4.78 is 38.2. The molecular formula is C16H19FN2O3S2. The molecule has 0 unspecified atom stereocenters. The van der Waals surface area contributed by atoms with E-state index in [0.717, 1.165) is 0 Å². The van der Waals surface area contributed by atoms with Crippen LogP contribution < -0.4 is 4.90 Å². The molecule has 2 aliphatic heterocycles. The quantitative estimate of drug-likeness (QED) is 0.760. The van der Waals surface area contributed by atoms with Crippen molar-refractivity contribution < 1.29 is 17.6 Å². The smallest absolute Gasteiger partial charge is 0.253 e. The van der Waals surface area contributed by atoms with E-state index in [-0.39, 0.29) is 28.4 Å². The van der Waals surface area contributed by atoms with Gasteiger partial charge in [-0.05, 0) is 12.1 Å². The summed E-state index contributed by atoms with van der Waals surface area (Å²) in [5.41, 5.74) is -0.395. The molecule has 2 aliphatic rings. The largest absolute Gasteiger partial charge is 0.313 e. The van der Waals surface area contributed by atoms with Crippen LogP contribution in [0.1, 0.15) is 20.8 Å². The van der Waals surface area contributed by atoms with E-state index in [0.29, 0.717) is 5.17 Å². The summed E-state index contributed by atoms with van der Waals surface area (Å²) in [6.07, 6.45) is 0. The summed E-state index contributed by atoms with van der Waals surface area (Å²) >= 11 is 1.25. The molecule has 0 aromatic heterocycles. The van der Waals surface area contributed by atoms with Crippen LogP contribution in [0.15, 0.2) is 29.3 Å². The van der Waals surface area contributed by atoms with Crippen molar-refractivity contribution in [2.75, 3.05) is 16.4 Å². The van der Waals surface area contributed by atoms with Gasteiger partial charge in [0.25, 0.3) is 5.91 Å². The molecule has 0 bridgehead atoms. The lowest BCUT2D eigenvalue weighted by Gasteiger charge is -2.25. The summed E-state index contributed by atoms with van der Waals surface area (Å²) in [7, 11) is -3.16. The number of amidine groups is 1. The molecule has 2 atom stereocenters. The minimum absolute atomic E-state index is 0.0238. The van der Waals surface area contributed by atoms with Gasteiger partial charge in [-0.2, -0.15) is 4.99 Å². The molecule has 2 fully saturated rings. The molecular weight excluding hydrogens is 351 g/mol. The van der Waals surface area contributed by atoms with Crippen LogP contribution in [-0.2, 0) is 14.6 Å². The van der Waals surface area contributed by atoms with Crippen molar-refractivity contribution in [3.05, 3.63) is 30.1 Å². The Morgan fingerprint density at radius 2 is 1.96 bits per heavy atom. The SMILES string of the molecule is CC(C)(C)C(=O)N=C1S[C@H]2CS(=O)(=O)C[C@@H]2N1c1ccccc1F. The van der Waals surface area contributed by atoms with E-state index in [1.54, 1.807) is 43.9 Å². The zero-order valence-electron chi connectivity index (χ0n) is 13.7. The Balaban J connectivity index is 2.05. The van der Waals surface area contributed by atoms with E-state index >= 15 is 0 Å². The Morgan fingerprint density at radius 1 is 1.29 bits per heavy atom. The first-order valence-electron chi connectivity index (χ1n) is 7.62. The van der Waals surface area contributed by atoms with Crippen molar-refractivity contribution in [2.24, 2.45) is 10.4 Å². The number of amides is 1. The summed E-state index contributed by atoms with van der Waals surface area (Å²) in [5.74, 6) is -0.800. The van der Waals surface area contributed by atoms with Gasteiger partial charge in [0.05, 0.1) is 23.2 Å². The van der Waals surface area contributed by atoms with Gasteiger partial charge in [-0.3, -0.25) is 4.79 Å². The maximum absolute atomic E-state index is 14.3. The third-order valence-electron chi connectivity index (χ3n) is 4.02. The van der Waals surface area contributed by atoms with Gasteiger partial charge in [-0.25, -0.2) is 12.8 Å². The normalized spacial score (nSPS) is 27.5. The molecule has 8 heteroatoms. The maximum atomic E-state index is 14.3.